The molecule has 0 aromatic carbocycles. The zero-order chi connectivity index (χ0) is 15.3. The van der Waals surface area contributed by atoms with Gasteiger partial charge < -0.3 is 0 Å². The molecule has 0 rings (SSSR count). The van der Waals surface area contributed by atoms with Crippen LogP contribution in [0.3, 0.4) is 0 Å². The van der Waals surface area contributed by atoms with Crippen LogP contribution >= 0.6 is 22.6 Å². The van der Waals surface area contributed by atoms with Crippen LogP contribution in [0.15, 0.2) is 0 Å². The van der Waals surface area contributed by atoms with Gasteiger partial charge >= 0.3 is 12.4 Å². The second-order valence-electron chi connectivity index (χ2n) is 4.45. The molecule has 0 bridgehead atoms. The molecule has 0 nitrogen and oxygen atoms in total. The molecule has 0 aliphatic rings. The predicted molar refractivity (Wildman–Crippen MR) is 67.1 cm³/mol. The van der Waals surface area contributed by atoms with E-state index < -0.39 is 28.4 Å². The summed E-state index contributed by atoms with van der Waals surface area (Å²) in [5.41, 5.74) is -5.11. The summed E-state index contributed by atoms with van der Waals surface area (Å²) < 4.78 is 86.2. The van der Waals surface area contributed by atoms with Gasteiger partial charge in [0.15, 0.2) is 0 Å². The van der Waals surface area contributed by atoms with E-state index in [2.05, 4.69) is 0 Å². The van der Waals surface area contributed by atoms with E-state index in [1.54, 1.807) is 0 Å². The summed E-state index contributed by atoms with van der Waals surface area (Å²) in [5.74, 6) is 0. The molecule has 1 atom stereocenters. The lowest BCUT2D eigenvalue weighted by atomic mass is 9.96. The molecule has 0 aromatic heterocycles. The monoisotopic (exact) mass is 408 g/mol. The Hall–Kier alpha value is 0.240. The van der Waals surface area contributed by atoms with Crippen LogP contribution in [0.25, 0.3) is 0 Å². The van der Waals surface area contributed by atoms with Crippen molar-refractivity contribution in [2.75, 3.05) is 0 Å². The predicted octanol–water partition coefficient (Wildman–Crippen LogP) is 5.98. The Morgan fingerprint density at radius 1 is 0.842 bits per heavy atom. The fraction of sp³-hybridized carbons (Fsp3) is 1.00. The molecule has 0 saturated heterocycles. The second-order valence-corrected chi connectivity index (χ2v) is 6.21. The molecular formula is C11H16F7I. The minimum atomic E-state index is -5.93. The van der Waals surface area contributed by atoms with Gasteiger partial charge in [-0.25, -0.2) is 4.39 Å². The third-order valence-electron chi connectivity index (χ3n) is 2.77. The summed E-state index contributed by atoms with van der Waals surface area (Å²) in [7, 11) is 0. The van der Waals surface area contributed by atoms with Crippen molar-refractivity contribution in [1.29, 1.82) is 0 Å². The highest BCUT2D eigenvalue weighted by molar-refractivity contribution is 14.1. The van der Waals surface area contributed by atoms with Gasteiger partial charge in [-0.15, -0.1) is 0 Å². The Balaban J connectivity index is 4.60. The van der Waals surface area contributed by atoms with Gasteiger partial charge in [-0.3, -0.25) is 0 Å². The molecule has 0 saturated carbocycles. The summed E-state index contributed by atoms with van der Waals surface area (Å²) in [6.45, 7) is 1.93. The maximum atomic E-state index is 13.4. The van der Waals surface area contributed by atoms with Crippen molar-refractivity contribution < 1.29 is 30.7 Å². The van der Waals surface area contributed by atoms with Crippen LogP contribution in [-0.2, 0) is 0 Å². The molecule has 116 valence electrons. The van der Waals surface area contributed by atoms with E-state index in [0.29, 0.717) is 6.42 Å². The smallest absolute Gasteiger partial charge is 0.224 e. The van der Waals surface area contributed by atoms with Crippen LogP contribution in [0.2, 0.25) is 0 Å². The number of unbranched alkanes of at least 4 members (excludes halogenated alkanes) is 3. The number of alkyl halides is 8. The molecular weight excluding hydrogens is 392 g/mol. The first kappa shape index (κ1) is 19.2. The van der Waals surface area contributed by atoms with E-state index in [1.165, 1.54) is 22.6 Å². The van der Waals surface area contributed by atoms with Crippen molar-refractivity contribution >= 4 is 22.6 Å². The third kappa shape index (κ3) is 5.63. The standard InChI is InChI=1S/C11H16F7I/c1-2-3-4-5-6-8(19)7-9(12,10(13,14)15)11(16,17)18/h8H,2-7H2,1H3. The fourth-order valence-corrected chi connectivity index (χ4v) is 2.64. The van der Waals surface area contributed by atoms with Crippen LogP contribution in [0.4, 0.5) is 30.7 Å². The minimum Gasteiger partial charge on any atom is -0.224 e. The van der Waals surface area contributed by atoms with Gasteiger partial charge in [0.1, 0.15) is 0 Å². The zero-order valence-electron chi connectivity index (χ0n) is 10.3. The zero-order valence-corrected chi connectivity index (χ0v) is 12.5. The van der Waals surface area contributed by atoms with Crippen molar-refractivity contribution in [2.24, 2.45) is 0 Å². The molecule has 0 aliphatic carbocycles. The van der Waals surface area contributed by atoms with Crippen molar-refractivity contribution in [3.63, 3.8) is 0 Å². The van der Waals surface area contributed by atoms with Crippen molar-refractivity contribution in [1.82, 2.24) is 0 Å². The van der Waals surface area contributed by atoms with Gasteiger partial charge in [-0.1, -0.05) is 55.2 Å². The van der Waals surface area contributed by atoms with E-state index in [9.17, 15) is 30.7 Å². The molecule has 0 radical (unpaired) electrons. The van der Waals surface area contributed by atoms with E-state index in [0.717, 1.165) is 19.3 Å². The quantitative estimate of drug-likeness (QED) is 0.210. The Kier molecular flexibility index (Phi) is 7.40. The molecule has 0 fully saturated rings. The Labute approximate surface area is 121 Å². The number of hydrogen-bond acceptors (Lipinski definition) is 0. The minimum absolute atomic E-state index is 0.151. The lowest BCUT2D eigenvalue weighted by molar-refractivity contribution is -0.342. The van der Waals surface area contributed by atoms with Crippen LogP contribution in [0.1, 0.15) is 45.4 Å². The number of halogens is 8. The SMILES string of the molecule is CCCCCCC(I)CC(F)(C(F)(F)F)C(F)(F)F. The molecule has 8 heteroatoms. The fourth-order valence-electron chi connectivity index (χ4n) is 1.59. The molecule has 0 aliphatic heterocycles. The average molecular weight is 408 g/mol. The van der Waals surface area contributed by atoms with Crippen LogP contribution in [0, 0.1) is 0 Å². The Bertz CT molecular complexity index is 245. The summed E-state index contributed by atoms with van der Waals surface area (Å²) in [6.07, 6.45) is -10.3. The molecule has 0 amide bonds. The molecule has 0 spiro atoms. The molecule has 1 unspecified atom stereocenters. The van der Waals surface area contributed by atoms with Gasteiger partial charge in [0.05, 0.1) is 0 Å². The first-order valence-electron chi connectivity index (χ1n) is 5.92. The van der Waals surface area contributed by atoms with Crippen LogP contribution in [-0.4, -0.2) is 21.9 Å². The highest BCUT2D eigenvalue weighted by atomic mass is 127. The molecule has 0 heterocycles. The number of hydrogen-bond donors (Lipinski definition) is 0. The van der Waals surface area contributed by atoms with Gasteiger partial charge in [0.2, 0.25) is 0 Å². The van der Waals surface area contributed by atoms with Gasteiger partial charge in [0, 0.05) is 10.3 Å². The highest BCUT2D eigenvalue weighted by Crippen LogP contribution is 2.50. The summed E-state index contributed by atoms with van der Waals surface area (Å²) >= 11 is 1.46. The lowest BCUT2D eigenvalue weighted by Gasteiger charge is -2.31. The van der Waals surface area contributed by atoms with Gasteiger partial charge in [-0.2, -0.15) is 26.3 Å². The van der Waals surface area contributed by atoms with E-state index >= 15 is 0 Å². The van der Waals surface area contributed by atoms with Crippen molar-refractivity contribution in [3.8, 4) is 0 Å². The lowest BCUT2D eigenvalue weighted by Crippen LogP contribution is -2.54. The maximum Gasteiger partial charge on any atom is 0.431 e. The van der Waals surface area contributed by atoms with E-state index in [4.69, 9.17) is 0 Å². The Morgan fingerprint density at radius 2 is 1.32 bits per heavy atom. The van der Waals surface area contributed by atoms with Gasteiger partial charge in [0.25, 0.3) is 5.67 Å². The van der Waals surface area contributed by atoms with Crippen molar-refractivity contribution in [2.45, 2.75) is 67.4 Å². The largest absolute Gasteiger partial charge is 0.431 e. The van der Waals surface area contributed by atoms with E-state index in [1.807, 2.05) is 6.92 Å². The summed E-state index contributed by atoms with van der Waals surface area (Å²) in [4.78, 5) is 0. The van der Waals surface area contributed by atoms with Crippen LogP contribution < -0.4 is 0 Å². The van der Waals surface area contributed by atoms with Gasteiger partial charge in [-0.05, 0) is 6.42 Å². The topological polar surface area (TPSA) is 0 Å². The number of rotatable bonds is 7. The van der Waals surface area contributed by atoms with Crippen LogP contribution in [0.5, 0.6) is 0 Å². The average Bonchev–Trinajstić information content (AvgIpc) is 2.21. The first-order chi connectivity index (χ1) is 8.45. The normalized spacial score (nSPS) is 15.6. The maximum absolute atomic E-state index is 13.4. The third-order valence-corrected chi connectivity index (χ3v) is 3.84. The molecule has 0 aromatic rings. The molecule has 19 heavy (non-hydrogen) atoms. The summed E-state index contributed by atoms with van der Waals surface area (Å²) in [5, 5.41) is 0. The second kappa shape index (κ2) is 7.31. The summed E-state index contributed by atoms with van der Waals surface area (Å²) in [6, 6.07) is 0. The first-order valence-corrected chi connectivity index (χ1v) is 7.16. The molecule has 0 N–H and O–H groups in total. The Morgan fingerprint density at radius 3 is 1.68 bits per heavy atom. The van der Waals surface area contributed by atoms with Crippen molar-refractivity contribution in [3.05, 3.63) is 0 Å². The highest BCUT2D eigenvalue weighted by Gasteiger charge is 2.72. The van der Waals surface area contributed by atoms with E-state index in [-0.39, 0.29) is 6.42 Å².